The highest BCUT2D eigenvalue weighted by Crippen LogP contribution is 2.62. The molecule has 12 nitrogen and oxygen atoms in total. The number of amides is 1. The van der Waals surface area contributed by atoms with Crippen LogP contribution >= 0.6 is 0 Å². The number of methoxy groups -OCH3 is 1. The molecular weight excluding hydrogens is 765 g/mol. The molecule has 0 bridgehead atoms. The lowest BCUT2D eigenvalue weighted by molar-refractivity contribution is -0.255. The van der Waals surface area contributed by atoms with Gasteiger partial charge in [0.15, 0.2) is 6.29 Å². The van der Waals surface area contributed by atoms with Crippen molar-refractivity contribution in [2.45, 2.75) is 89.6 Å². The van der Waals surface area contributed by atoms with E-state index in [9.17, 15) is 19.8 Å². The van der Waals surface area contributed by atoms with E-state index in [0.717, 1.165) is 48.7 Å². The fraction of sp³-hybridized carbons (Fsp3) is 0.479. The Balaban J connectivity index is 1.57. The number of allylic oxidation sites excluding steroid dienone is 1. The number of rotatable bonds is 22. The Labute approximate surface area is 353 Å². The van der Waals surface area contributed by atoms with Crippen LogP contribution in [-0.4, -0.2) is 85.1 Å². The second kappa shape index (κ2) is 21.4. The van der Waals surface area contributed by atoms with Crippen LogP contribution in [0.1, 0.15) is 92.6 Å². The SMILES string of the molecule is C=CCO[C@@]12Oc3ccc(Oc4ccc(OC)c(C=O)c4)cc3[C@H]3[C@H](CCCCO)[C@@H](CCCCO)C=C(C(=NOCc4ccccc4)C[C@@H]1N(CCC)C(=O)OCC)[C@H]32. The largest absolute Gasteiger partial charge is 0.496 e. The average Bonchev–Trinajstić information content (AvgIpc) is 3.26. The number of carbonyl (C=O) groups excluding carboxylic acids is 2. The van der Waals surface area contributed by atoms with Gasteiger partial charge in [0.1, 0.15) is 35.6 Å². The Bertz CT molecular complexity index is 1970. The topological polar surface area (TPSA) is 146 Å². The zero-order chi connectivity index (χ0) is 42.5. The minimum absolute atomic E-state index is 0.0312. The highest BCUT2D eigenvalue weighted by Gasteiger charge is 2.65. The summed E-state index contributed by atoms with van der Waals surface area (Å²) >= 11 is 0. The summed E-state index contributed by atoms with van der Waals surface area (Å²) in [6.45, 7) is 8.98. The molecule has 12 heteroatoms. The van der Waals surface area contributed by atoms with E-state index in [1.807, 2.05) is 55.5 Å². The van der Waals surface area contributed by atoms with Crippen molar-refractivity contribution in [3.05, 3.63) is 108 Å². The van der Waals surface area contributed by atoms with Gasteiger partial charge >= 0.3 is 6.09 Å². The van der Waals surface area contributed by atoms with E-state index < -0.39 is 23.8 Å². The van der Waals surface area contributed by atoms with E-state index in [1.165, 1.54) is 7.11 Å². The standard InChI is InChI=1S/C48H60N2O10/c1-5-23-50(47(54)56-7-3)44-30-41(49-58-32-33-15-9-8-10-16-33)39-28-34(17-11-13-24-51)38(18-12-14-25-52)45-40-29-37(59-36-19-21-42(55-4)35(27-36)31-53)20-22-43(40)60-48(44,46(39)45)57-26-6-2/h6,8-10,15-16,19-22,27-29,31,34,38,44-46,51-52H,2,5,7,11-14,17-18,23-26,30,32H2,1,3-4H3/t34-,38+,44-,45+,46+,48+/m0/s1. The number of benzene rings is 3. The average molecular weight is 825 g/mol. The minimum Gasteiger partial charge on any atom is -0.496 e. The second-order valence-corrected chi connectivity index (χ2v) is 15.5. The van der Waals surface area contributed by atoms with E-state index in [-0.39, 0.29) is 57.2 Å². The normalized spacial score (nSPS) is 23.3. The first-order chi connectivity index (χ1) is 29.4. The van der Waals surface area contributed by atoms with Crippen LogP contribution in [0.15, 0.2) is 96.2 Å². The molecule has 1 fully saturated rings. The Morgan fingerprint density at radius 2 is 1.75 bits per heavy atom. The van der Waals surface area contributed by atoms with Crippen LogP contribution in [0, 0.1) is 17.8 Å². The minimum atomic E-state index is -1.40. The van der Waals surface area contributed by atoms with E-state index in [1.54, 1.807) is 36.1 Å². The Morgan fingerprint density at radius 3 is 2.45 bits per heavy atom. The van der Waals surface area contributed by atoms with Gasteiger partial charge in [-0.25, -0.2) is 4.79 Å². The van der Waals surface area contributed by atoms with E-state index in [0.29, 0.717) is 60.1 Å². The molecule has 3 aliphatic rings. The van der Waals surface area contributed by atoms with Gasteiger partial charge in [-0.15, -0.1) is 6.58 Å². The maximum absolute atomic E-state index is 14.1. The smallest absolute Gasteiger partial charge is 0.410 e. The molecule has 3 aromatic carbocycles. The van der Waals surface area contributed by atoms with Crippen molar-refractivity contribution in [1.29, 1.82) is 0 Å². The molecule has 1 saturated carbocycles. The number of aliphatic hydroxyl groups is 2. The summed E-state index contributed by atoms with van der Waals surface area (Å²) in [5.74, 6) is 0.0291. The van der Waals surface area contributed by atoms with Crippen molar-refractivity contribution < 1.29 is 48.3 Å². The Morgan fingerprint density at radius 1 is 1.00 bits per heavy atom. The molecule has 3 aromatic rings. The molecule has 1 heterocycles. The summed E-state index contributed by atoms with van der Waals surface area (Å²) < 4.78 is 31.8. The number of unbranched alkanes of at least 4 members (excludes halogenated alkanes) is 2. The molecule has 0 radical (unpaired) electrons. The van der Waals surface area contributed by atoms with Gasteiger partial charge in [0.05, 0.1) is 37.5 Å². The first kappa shape index (κ1) is 44.4. The molecule has 6 atom stereocenters. The fourth-order valence-corrected chi connectivity index (χ4v) is 9.30. The third-order valence-corrected chi connectivity index (χ3v) is 11.8. The molecular formula is C48H60N2O10. The van der Waals surface area contributed by atoms with Crippen LogP contribution in [0.25, 0.3) is 0 Å². The maximum Gasteiger partial charge on any atom is 0.410 e. The van der Waals surface area contributed by atoms with Crippen molar-refractivity contribution in [1.82, 2.24) is 4.90 Å². The Kier molecular flexibility index (Phi) is 15.8. The molecule has 1 aliphatic heterocycles. The van der Waals surface area contributed by atoms with Gasteiger partial charge in [0.2, 0.25) is 5.79 Å². The number of hydrogen-bond donors (Lipinski definition) is 2. The molecule has 0 unspecified atom stereocenters. The van der Waals surface area contributed by atoms with Crippen LogP contribution in [0.3, 0.4) is 0 Å². The molecule has 0 saturated heterocycles. The number of aldehydes is 1. The number of ether oxygens (including phenoxy) is 5. The molecule has 1 amide bonds. The van der Waals surface area contributed by atoms with Crippen molar-refractivity contribution in [3.8, 4) is 23.0 Å². The highest BCUT2D eigenvalue weighted by atomic mass is 16.7. The molecule has 6 rings (SSSR count). The zero-order valence-electron chi connectivity index (χ0n) is 35.1. The lowest BCUT2D eigenvalue weighted by atomic mass is 9.55. The van der Waals surface area contributed by atoms with Gasteiger partial charge in [0.25, 0.3) is 0 Å². The number of hydrogen-bond acceptors (Lipinski definition) is 11. The Hall–Kier alpha value is -5.17. The lowest BCUT2D eigenvalue weighted by Gasteiger charge is -2.59. The summed E-state index contributed by atoms with van der Waals surface area (Å²) in [6, 6.07) is 20.0. The molecule has 0 spiro atoms. The van der Waals surface area contributed by atoms with Gasteiger partial charge in [0, 0.05) is 37.7 Å². The van der Waals surface area contributed by atoms with Gasteiger partial charge < -0.3 is 38.7 Å². The highest BCUT2D eigenvalue weighted by molar-refractivity contribution is 6.03. The van der Waals surface area contributed by atoms with Gasteiger partial charge in [-0.1, -0.05) is 67.4 Å². The fourth-order valence-electron chi connectivity index (χ4n) is 9.30. The van der Waals surface area contributed by atoms with E-state index in [2.05, 4.69) is 12.7 Å². The summed E-state index contributed by atoms with van der Waals surface area (Å²) in [5.41, 5.74) is 3.88. The molecule has 60 heavy (non-hydrogen) atoms. The lowest BCUT2D eigenvalue weighted by Crippen LogP contribution is -2.70. The number of aliphatic hydroxyl groups excluding tert-OH is 2. The number of oxime groups is 1. The second-order valence-electron chi connectivity index (χ2n) is 15.5. The summed E-state index contributed by atoms with van der Waals surface area (Å²) in [7, 11) is 1.52. The van der Waals surface area contributed by atoms with Crippen molar-refractivity contribution in [3.63, 3.8) is 0 Å². The monoisotopic (exact) mass is 824 g/mol. The van der Waals surface area contributed by atoms with Gasteiger partial charge in [-0.3, -0.25) is 9.69 Å². The summed E-state index contributed by atoms with van der Waals surface area (Å²) in [5, 5.41) is 24.7. The predicted molar refractivity (Wildman–Crippen MR) is 229 cm³/mol. The first-order valence-electron chi connectivity index (χ1n) is 21.3. The molecule has 0 aromatic heterocycles. The van der Waals surface area contributed by atoms with E-state index in [4.69, 9.17) is 33.7 Å². The third-order valence-electron chi connectivity index (χ3n) is 11.8. The number of carbonyl (C=O) groups is 2. The molecule has 322 valence electrons. The van der Waals surface area contributed by atoms with Crippen LogP contribution in [0.2, 0.25) is 0 Å². The molecule has 2 aliphatic carbocycles. The molecule has 2 N–H and O–H groups in total. The van der Waals surface area contributed by atoms with Crippen LogP contribution in [0.4, 0.5) is 4.79 Å². The zero-order valence-corrected chi connectivity index (χ0v) is 35.1. The van der Waals surface area contributed by atoms with Crippen molar-refractivity contribution in [2.75, 3.05) is 40.1 Å². The van der Waals surface area contributed by atoms with Crippen LogP contribution in [0.5, 0.6) is 23.0 Å². The summed E-state index contributed by atoms with van der Waals surface area (Å²) in [4.78, 5) is 33.9. The van der Waals surface area contributed by atoms with E-state index >= 15 is 0 Å². The van der Waals surface area contributed by atoms with Crippen LogP contribution in [-0.2, 0) is 20.9 Å². The maximum atomic E-state index is 14.1. The quantitative estimate of drug-likeness (QED) is 0.0436. The number of nitrogens with zero attached hydrogens (tertiary/aromatic N) is 2. The van der Waals surface area contributed by atoms with Crippen molar-refractivity contribution in [2.24, 2.45) is 22.9 Å². The van der Waals surface area contributed by atoms with Crippen molar-refractivity contribution >= 4 is 18.1 Å². The van der Waals surface area contributed by atoms with Crippen LogP contribution < -0.4 is 14.2 Å². The van der Waals surface area contributed by atoms with Gasteiger partial charge in [-0.05, 0) is 98.4 Å². The number of fused-ring (bicyclic) bond motifs is 2. The first-order valence-corrected chi connectivity index (χ1v) is 21.3. The predicted octanol–water partition coefficient (Wildman–Crippen LogP) is 9.00. The van der Waals surface area contributed by atoms with Gasteiger partial charge in [-0.2, -0.15) is 0 Å². The summed E-state index contributed by atoms with van der Waals surface area (Å²) in [6.07, 6.45) is 9.72. The third kappa shape index (κ3) is 9.72.